The monoisotopic (exact) mass is 239 g/mol. The van der Waals surface area contributed by atoms with E-state index in [0.717, 1.165) is 6.21 Å². The predicted molar refractivity (Wildman–Crippen MR) is 60.3 cm³/mol. The number of nitrogens with zero attached hydrogens (tertiary/aromatic N) is 1. The molecule has 17 heavy (non-hydrogen) atoms. The Kier molecular flexibility index (Phi) is 4.33. The molecule has 0 heterocycles. The third kappa shape index (κ3) is 3.10. The Labute approximate surface area is 98.1 Å². The molecule has 0 radical (unpaired) electrons. The quantitative estimate of drug-likeness (QED) is 0.457. The number of benzene rings is 1. The maximum Gasteiger partial charge on any atom is 0.307 e. The zero-order valence-corrected chi connectivity index (χ0v) is 9.51. The van der Waals surface area contributed by atoms with Gasteiger partial charge in [0.25, 0.3) is 0 Å². The van der Waals surface area contributed by atoms with Gasteiger partial charge < -0.3 is 19.8 Å². The number of hydrogen-bond donors (Lipinski definition) is 2. The fourth-order valence-electron chi connectivity index (χ4n) is 1.44. The number of carboxylic acids is 1. The van der Waals surface area contributed by atoms with E-state index in [1.165, 1.54) is 14.2 Å². The summed E-state index contributed by atoms with van der Waals surface area (Å²) in [6.45, 7) is 0. The van der Waals surface area contributed by atoms with Crippen molar-refractivity contribution in [2.24, 2.45) is 5.16 Å². The Hall–Kier alpha value is -2.24. The smallest absolute Gasteiger partial charge is 0.307 e. The molecule has 92 valence electrons. The van der Waals surface area contributed by atoms with Crippen molar-refractivity contribution in [3.05, 3.63) is 23.3 Å². The molecule has 1 aromatic rings. The van der Waals surface area contributed by atoms with Crippen molar-refractivity contribution >= 4 is 12.2 Å². The van der Waals surface area contributed by atoms with Gasteiger partial charge in [-0.3, -0.25) is 4.79 Å². The van der Waals surface area contributed by atoms with Crippen molar-refractivity contribution in [1.82, 2.24) is 0 Å². The number of carbonyl (C=O) groups is 1. The van der Waals surface area contributed by atoms with Gasteiger partial charge in [0.2, 0.25) is 0 Å². The number of rotatable bonds is 5. The van der Waals surface area contributed by atoms with Gasteiger partial charge in [-0.25, -0.2) is 0 Å². The second kappa shape index (κ2) is 5.74. The molecule has 0 aliphatic rings. The average molecular weight is 239 g/mol. The summed E-state index contributed by atoms with van der Waals surface area (Å²) in [6, 6.07) is 3.10. The number of ether oxygens (including phenoxy) is 2. The molecule has 1 rings (SSSR count). The molecular formula is C11H13NO5. The van der Waals surface area contributed by atoms with E-state index >= 15 is 0 Å². The number of aliphatic carboxylic acids is 1. The van der Waals surface area contributed by atoms with Crippen LogP contribution in [0.15, 0.2) is 17.3 Å². The van der Waals surface area contributed by atoms with Crippen molar-refractivity contribution in [3.8, 4) is 11.5 Å². The van der Waals surface area contributed by atoms with Crippen LogP contribution in [-0.2, 0) is 11.2 Å². The van der Waals surface area contributed by atoms with Gasteiger partial charge in [-0.2, -0.15) is 0 Å². The van der Waals surface area contributed by atoms with Crippen molar-refractivity contribution in [1.29, 1.82) is 0 Å². The largest absolute Gasteiger partial charge is 0.493 e. The summed E-state index contributed by atoms with van der Waals surface area (Å²) in [5.41, 5.74) is 0.945. The highest BCUT2D eigenvalue weighted by molar-refractivity contribution is 5.85. The minimum Gasteiger partial charge on any atom is -0.493 e. The second-order valence-corrected chi connectivity index (χ2v) is 3.22. The number of hydrogen-bond acceptors (Lipinski definition) is 5. The highest BCUT2D eigenvalue weighted by Gasteiger charge is 2.12. The van der Waals surface area contributed by atoms with Crippen molar-refractivity contribution in [2.45, 2.75) is 6.42 Å². The zero-order valence-electron chi connectivity index (χ0n) is 9.51. The normalized spacial score (nSPS) is 10.5. The van der Waals surface area contributed by atoms with Crippen LogP contribution in [0.25, 0.3) is 0 Å². The Morgan fingerprint density at radius 3 is 2.41 bits per heavy atom. The molecule has 0 atom stereocenters. The molecule has 0 saturated carbocycles. The summed E-state index contributed by atoms with van der Waals surface area (Å²) in [4.78, 5) is 10.7. The third-order valence-corrected chi connectivity index (χ3v) is 2.18. The topological polar surface area (TPSA) is 88.4 Å². The van der Waals surface area contributed by atoms with E-state index in [-0.39, 0.29) is 6.42 Å². The van der Waals surface area contributed by atoms with E-state index in [1.54, 1.807) is 12.1 Å². The van der Waals surface area contributed by atoms with E-state index in [4.69, 9.17) is 19.8 Å². The van der Waals surface area contributed by atoms with Crippen LogP contribution in [0.5, 0.6) is 11.5 Å². The van der Waals surface area contributed by atoms with Crippen LogP contribution < -0.4 is 9.47 Å². The molecule has 0 aliphatic carbocycles. The van der Waals surface area contributed by atoms with Crippen LogP contribution >= 0.6 is 0 Å². The van der Waals surface area contributed by atoms with E-state index in [2.05, 4.69) is 5.16 Å². The molecular weight excluding hydrogens is 226 g/mol. The van der Waals surface area contributed by atoms with Gasteiger partial charge >= 0.3 is 5.97 Å². The first-order valence-corrected chi connectivity index (χ1v) is 4.76. The number of methoxy groups -OCH3 is 2. The van der Waals surface area contributed by atoms with Crippen molar-refractivity contribution < 1.29 is 24.6 Å². The fraction of sp³-hybridized carbons (Fsp3) is 0.273. The van der Waals surface area contributed by atoms with E-state index in [0.29, 0.717) is 22.6 Å². The second-order valence-electron chi connectivity index (χ2n) is 3.22. The standard InChI is InChI=1S/C11H13NO5/c1-16-9-3-7(5-11(13)14)8(6-12-15)4-10(9)17-2/h3-4,6,15H,5H2,1-2H3,(H,13,14)/b12-6+. The molecule has 0 amide bonds. The average Bonchev–Trinajstić information content (AvgIpc) is 2.30. The highest BCUT2D eigenvalue weighted by atomic mass is 16.5. The summed E-state index contributed by atoms with van der Waals surface area (Å²) in [7, 11) is 2.93. The molecule has 0 bridgehead atoms. The first-order valence-electron chi connectivity index (χ1n) is 4.76. The molecule has 0 unspecified atom stereocenters. The Morgan fingerprint density at radius 1 is 1.35 bits per heavy atom. The molecule has 0 aromatic heterocycles. The van der Waals surface area contributed by atoms with E-state index in [9.17, 15) is 4.79 Å². The van der Waals surface area contributed by atoms with Crippen LogP contribution in [-0.4, -0.2) is 36.7 Å². The first-order chi connectivity index (χ1) is 8.12. The van der Waals surface area contributed by atoms with Gasteiger partial charge in [-0.05, 0) is 17.7 Å². The highest BCUT2D eigenvalue weighted by Crippen LogP contribution is 2.30. The van der Waals surface area contributed by atoms with Crippen molar-refractivity contribution in [2.75, 3.05) is 14.2 Å². The third-order valence-electron chi connectivity index (χ3n) is 2.18. The van der Waals surface area contributed by atoms with E-state index < -0.39 is 5.97 Å². The number of carboxylic acid groups (broad SMARTS) is 1. The summed E-state index contributed by atoms with van der Waals surface area (Å²) in [5.74, 6) is -0.111. The lowest BCUT2D eigenvalue weighted by Crippen LogP contribution is -2.05. The molecule has 0 fully saturated rings. The molecule has 0 spiro atoms. The van der Waals surface area contributed by atoms with Gasteiger partial charge in [0.15, 0.2) is 11.5 Å². The van der Waals surface area contributed by atoms with Gasteiger partial charge in [0, 0.05) is 5.56 Å². The molecule has 2 N–H and O–H groups in total. The van der Waals surface area contributed by atoms with E-state index in [1.807, 2.05) is 0 Å². The van der Waals surface area contributed by atoms with Crippen molar-refractivity contribution in [3.63, 3.8) is 0 Å². The lowest BCUT2D eigenvalue weighted by atomic mass is 10.0. The Morgan fingerprint density at radius 2 is 1.94 bits per heavy atom. The fourth-order valence-corrected chi connectivity index (χ4v) is 1.44. The maximum atomic E-state index is 10.7. The van der Waals surface area contributed by atoms with Gasteiger partial charge in [-0.1, -0.05) is 5.16 Å². The predicted octanol–water partition coefficient (Wildman–Crippen LogP) is 1.14. The molecule has 6 nitrogen and oxygen atoms in total. The Balaban J connectivity index is 3.28. The summed E-state index contributed by atoms with van der Waals surface area (Å²) < 4.78 is 10.1. The van der Waals surface area contributed by atoms with Crippen LogP contribution in [0.3, 0.4) is 0 Å². The molecule has 0 saturated heterocycles. The summed E-state index contributed by atoms with van der Waals surface area (Å²) in [5, 5.41) is 20.2. The maximum absolute atomic E-state index is 10.7. The van der Waals surface area contributed by atoms with Crippen LogP contribution in [0.1, 0.15) is 11.1 Å². The minimum atomic E-state index is -0.982. The van der Waals surface area contributed by atoms with Gasteiger partial charge in [0.1, 0.15) is 0 Å². The lowest BCUT2D eigenvalue weighted by molar-refractivity contribution is -0.136. The Bertz CT molecular complexity index is 442. The summed E-state index contributed by atoms with van der Waals surface area (Å²) in [6.07, 6.45) is 0.960. The first kappa shape index (κ1) is 12.8. The lowest BCUT2D eigenvalue weighted by Gasteiger charge is -2.11. The zero-order chi connectivity index (χ0) is 12.8. The van der Waals surface area contributed by atoms with Crippen LogP contribution in [0.2, 0.25) is 0 Å². The molecule has 1 aromatic carbocycles. The number of oxime groups is 1. The molecule has 6 heteroatoms. The minimum absolute atomic E-state index is 0.193. The van der Waals surface area contributed by atoms with Crippen LogP contribution in [0, 0.1) is 0 Å². The van der Waals surface area contributed by atoms with Gasteiger partial charge in [0.05, 0.1) is 26.9 Å². The van der Waals surface area contributed by atoms with Crippen LogP contribution in [0.4, 0.5) is 0 Å². The van der Waals surface area contributed by atoms with Gasteiger partial charge in [-0.15, -0.1) is 0 Å². The summed E-state index contributed by atoms with van der Waals surface area (Å²) >= 11 is 0. The molecule has 0 aliphatic heterocycles. The SMILES string of the molecule is COc1cc(/C=N/O)c(CC(=O)O)cc1OC.